The van der Waals surface area contributed by atoms with Crippen LogP contribution in [-0.2, 0) is 4.79 Å². The molecule has 0 unspecified atom stereocenters. The van der Waals surface area contributed by atoms with E-state index in [1.165, 1.54) is 0 Å². The van der Waals surface area contributed by atoms with Crippen molar-refractivity contribution in [2.75, 3.05) is 6.54 Å². The number of carbonyl (C=O) groups is 1. The summed E-state index contributed by atoms with van der Waals surface area (Å²) in [5.74, 6) is 0.384. The SMILES string of the molecule is CC(C)(C)N1CC(=O)CCC1(C)C. The highest BCUT2D eigenvalue weighted by atomic mass is 16.1. The van der Waals surface area contributed by atoms with Gasteiger partial charge in [0, 0.05) is 17.5 Å². The van der Waals surface area contributed by atoms with Crippen molar-refractivity contribution in [3.63, 3.8) is 0 Å². The van der Waals surface area contributed by atoms with Gasteiger partial charge in [-0.3, -0.25) is 9.69 Å². The quantitative estimate of drug-likeness (QED) is 0.574. The molecule has 0 N–H and O–H groups in total. The minimum absolute atomic E-state index is 0.0968. The Bertz CT molecular complexity index is 213. The van der Waals surface area contributed by atoms with E-state index in [0.29, 0.717) is 12.3 Å². The molecule has 1 aliphatic heterocycles. The van der Waals surface area contributed by atoms with Gasteiger partial charge in [-0.2, -0.15) is 0 Å². The average molecular weight is 183 g/mol. The first-order valence-electron chi connectivity index (χ1n) is 5.03. The first-order valence-corrected chi connectivity index (χ1v) is 5.03. The fourth-order valence-corrected chi connectivity index (χ4v) is 2.19. The highest BCUT2D eigenvalue weighted by Crippen LogP contribution is 2.31. The van der Waals surface area contributed by atoms with Crippen LogP contribution in [0.15, 0.2) is 0 Å². The molecular formula is C11H21NO. The molecule has 0 radical (unpaired) electrons. The number of Topliss-reactive ketones (excluding diaryl/α,β-unsaturated/α-hetero) is 1. The normalized spacial score (nSPS) is 24.8. The Balaban J connectivity index is 2.84. The number of rotatable bonds is 0. The summed E-state index contributed by atoms with van der Waals surface area (Å²) >= 11 is 0. The number of hydrogen-bond acceptors (Lipinski definition) is 2. The predicted octanol–water partition coefficient (Wildman–Crippen LogP) is 2.23. The monoisotopic (exact) mass is 183 g/mol. The summed E-state index contributed by atoms with van der Waals surface area (Å²) in [6.07, 6.45) is 1.74. The summed E-state index contributed by atoms with van der Waals surface area (Å²) in [6, 6.07) is 0. The van der Waals surface area contributed by atoms with E-state index in [4.69, 9.17) is 0 Å². The van der Waals surface area contributed by atoms with Crippen LogP contribution in [0.3, 0.4) is 0 Å². The van der Waals surface area contributed by atoms with Crippen molar-refractivity contribution in [2.24, 2.45) is 0 Å². The van der Waals surface area contributed by atoms with Gasteiger partial charge in [0.05, 0.1) is 6.54 Å². The third-order valence-corrected chi connectivity index (χ3v) is 2.89. The van der Waals surface area contributed by atoms with E-state index in [-0.39, 0.29) is 11.1 Å². The Morgan fingerprint density at radius 2 is 1.85 bits per heavy atom. The predicted molar refractivity (Wildman–Crippen MR) is 54.8 cm³/mol. The molecule has 2 nitrogen and oxygen atoms in total. The molecule has 0 amide bonds. The Morgan fingerprint density at radius 1 is 1.31 bits per heavy atom. The number of likely N-dealkylation sites (tertiary alicyclic amines) is 1. The maximum atomic E-state index is 11.4. The maximum Gasteiger partial charge on any atom is 0.146 e. The van der Waals surface area contributed by atoms with Crippen LogP contribution in [0.25, 0.3) is 0 Å². The molecule has 0 bridgehead atoms. The molecule has 1 heterocycles. The second-order valence-electron chi connectivity index (χ2n) is 5.61. The van der Waals surface area contributed by atoms with E-state index in [0.717, 1.165) is 12.8 Å². The smallest absolute Gasteiger partial charge is 0.146 e. The minimum Gasteiger partial charge on any atom is -0.298 e. The summed E-state index contributed by atoms with van der Waals surface area (Å²) in [5.41, 5.74) is 0.270. The Labute approximate surface area is 81.3 Å². The fourth-order valence-electron chi connectivity index (χ4n) is 2.19. The summed E-state index contributed by atoms with van der Waals surface area (Å²) in [5, 5.41) is 0. The number of nitrogens with zero attached hydrogens (tertiary/aromatic N) is 1. The van der Waals surface area contributed by atoms with Crippen LogP contribution >= 0.6 is 0 Å². The van der Waals surface area contributed by atoms with E-state index in [9.17, 15) is 4.79 Å². The van der Waals surface area contributed by atoms with Gasteiger partial charge >= 0.3 is 0 Å². The summed E-state index contributed by atoms with van der Waals surface area (Å²) < 4.78 is 0. The molecule has 1 aliphatic rings. The molecule has 1 fully saturated rings. The van der Waals surface area contributed by atoms with Crippen molar-refractivity contribution in [1.29, 1.82) is 0 Å². The highest BCUT2D eigenvalue weighted by molar-refractivity contribution is 5.81. The first kappa shape index (κ1) is 10.7. The lowest BCUT2D eigenvalue weighted by molar-refractivity contribution is -0.129. The Hall–Kier alpha value is -0.370. The molecular weight excluding hydrogens is 162 g/mol. The summed E-state index contributed by atoms with van der Waals surface area (Å²) in [4.78, 5) is 13.7. The van der Waals surface area contributed by atoms with Gasteiger partial charge in [-0.25, -0.2) is 0 Å². The number of piperidine rings is 1. The molecule has 1 saturated heterocycles. The van der Waals surface area contributed by atoms with Crippen molar-refractivity contribution >= 4 is 5.78 Å². The standard InChI is InChI=1S/C11H21NO/c1-10(2,3)12-8-9(13)6-7-11(12,4)5/h6-8H2,1-5H3. The third-order valence-electron chi connectivity index (χ3n) is 2.89. The van der Waals surface area contributed by atoms with E-state index >= 15 is 0 Å². The molecule has 0 atom stereocenters. The lowest BCUT2D eigenvalue weighted by Gasteiger charge is -2.49. The molecule has 0 saturated carbocycles. The van der Waals surface area contributed by atoms with E-state index < -0.39 is 0 Å². The molecule has 1 rings (SSSR count). The lowest BCUT2D eigenvalue weighted by Crippen LogP contribution is -2.58. The zero-order chi connectivity index (χ0) is 10.3. The van der Waals surface area contributed by atoms with Crippen LogP contribution in [0.5, 0.6) is 0 Å². The molecule has 0 aromatic rings. The maximum absolute atomic E-state index is 11.4. The van der Waals surface area contributed by atoms with Gasteiger partial charge in [-0.1, -0.05) is 0 Å². The van der Waals surface area contributed by atoms with Crippen LogP contribution in [0, 0.1) is 0 Å². The molecule has 0 aromatic heterocycles. The number of ketones is 1. The van der Waals surface area contributed by atoms with E-state index in [1.807, 2.05) is 0 Å². The number of carbonyl (C=O) groups excluding carboxylic acids is 1. The average Bonchev–Trinajstić information content (AvgIpc) is 1.92. The van der Waals surface area contributed by atoms with Crippen LogP contribution in [0.2, 0.25) is 0 Å². The zero-order valence-electron chi connectivity index (χ0n) is 9.48. The van der Waals surface area contributed by atoms with Crippen molar-refractivity contribution < 1.29 is 4.79 Å². The zero-order valence-corrected chi connectivity index (χ0v) is 9.48. The molecule has 2 heteroatoms. The van der Waals surface area contributed by atoms with Gasteiger partial charge < -0.3 is 0 Å². The molecule has 76 valence electrons. The van der Waals surface area contributed by atoms with Crippen LogP contribution in [0.4, 0.5) is 0 Å². The largest absolute Gasteiger partial charge is 0.298 e. The van der Waals surface area contributed by atoms with Crippen molar-refractivity contribution in [3.8, 4) is 0 Å². The van der Waals surface area contributed by atoms with Gasteiger partial charge in [-0.05, 0) is 41.0 Å². The lowest BCUT2D eigenvalue weighted by atomic mass is 9.85. The minimum atomic E-state index is 0.0968. The van der Waals surface area contributed by atoms with Crippen molar-refractivity contribution in [1.82, 2.24) is 4.90 Å². The topological polar surface area (TPSA) is 20.3 Å². The van der Waals surface area contributed by atoms with Gasteiger partial charge in [0.15, 0.2) is 0 Å². The van der Waals surface area contributed by atoms with Gasteiger partial charge in [0.2, 0.25) is 0 Å². The van der Waals surface area contributed by atoms with Crippen LogP contribution < -0.4 is 0 Å². The Morgan fingerprint density at radius 3 is 2.23 bits per heavy atom. The highest BCUT2D eigenvalue weighted by Gasteiger charge is 2.39. The molecule has 0 spiro atoms. The van der Waals surface area contributed by atoms with E-state index in [2.05, 4.69) is 39.5 Å². The molecule has 0 aromatic carbocycles. The van der Waals surface area contributed by atoms with Crippen LogP contribution in [-0.4, -0.2) is 28.3 Å². The Kier molecular flexibility index (Phi) is 2.54. The van der Waals surface area contributed by atoms with E-state index in [1.54, 1.807) is 0 Å². The van der Waals surface area contributed by atoms with Crippen molar-refractivity contribution in [2.45, 2.75) is 58.5 Å². The molecule has 13 heavy (non-hydrogen) atoms. The van der Waals surface area contributed by atoms with Gasteiger partial charge in [0.25, 0.3) is 0 Å². The third kappa shape index (κ3) is 2.31. The summed E-state index contributed by atoms with van der Waals surface area (Å²) in [6.45, 7) is 11.6. The fraction of sp³-hybridized carbons (Fsp3) is 0.909. The first-order chi connectivity index (χ1) is 5.73. The van der Waals surface area contributed by atoms with Crippen LogP contribution in [0.1, 0.15) is 47.5 Å². The second-order valence-corrected chi connectivity index (χ2v) is 5.61. The van der Waals surface area contributed by atoms with Gasteiger partial charge in [-0.15, -0.1) is 0 Å². The van der Waals surface area contributed by atoms with Crippen molar-refractivity contribution in [3.05, 3.63) is 0 Å². The molecule has 0 aliphatic carbocycles. The van der Waals surface area contributed by atoms with Gasteiger partial charge in [0.1, 0.15) is 5.78 Å². The summed E-state index contributed by atoms with van der Waals surface area (Å²) in [7, 11) is 0. The second kappa shape index (κ2) is 3.09. The number of hydrogen-bond donors (Lipinski definition) is 0.